The summed E-state index contributed by atoms with van der Waals surface area (Å²) >= 11 is 0. The molecule has 6 heteroatoms. The SMILES string of the molecule is COc1cc2c(c3c1-c1cc(CC(C)C)c(O)cc1CC3)CC(O)C(c1ccc3c(c1)OC1CCCCC1CC#CO3)O2. The van der Waals surface area contributed by atoms with Crippen LogP contribution >= 0.6 is 0 Å². The first-order chi connectivity index (χ1) is 20.9. The molecule has 2 aliphatic carbocycles. The van der Waals surface area contributed by atoms with Crippen LogP contribution in [0.1, 0.15) is 79.9 Å². The highest BCUT2D eigenvalue weighted by Crippen LogP contribution is 2.50. The zero-order valence-corrected chi connectivity index (χ0v) is 25.2. The number of methoxy groups -OCH3 is 1. The number of ether oxygens (including phenoxy) is 4. The number of benzene rings is 3. The van der Waals surface area contributed by atoms with Crippen LogP contribution in [0.4, 0.5) is 0 Å². The van der Waals surface area contributed by atoms with Gasteiger partial charge in [0.1, 0.15) is 35.6 Å². The van der Waals surface area contributed by atoms with Crippen LogP contribution in [0.5, 0.6) is 28.7 Å². The van der Waals surface area contributed by atoms with Gasteiger partial charge < -0.3 is 29.2 Å². The molecule has 2 aliphatic heterocycles. The first kappa shape index (κ1) is 28.0. The van der Waals surface area contributed by atoms with Gasteiger partial charge in [0, 0.05) is 36.0 Å². The molecule has 224 valence electrons. The van der Waals surface area contributed by atoms with Gasteiger partial charge in [0.2, 0.25) is 0 Å². The molecule has 2 heterocycles. The summed E-state index contributed by atoms with van der Waals surface area (Å²) in [6.45, 7) is 4.32. The summed E-state index contributed by atoms with van der Waals surface area (Å²) in [5, 5.41) is 22.2. The van der Waals surface area contributed by atoms with Crippen LogP contribution in [0.3, 0.4) is 0 Å². The van der Waals surface area contributed by atoms with Crippen molar-refractivity contribution in [3.05, 3.63) is 64.2 Å². The van der Waals surface area contributed by atoms with Gasteiger partial charge in [-0.05, 0) is 96.5 Å². The third-order valence-electron chi connectivity index (χ3n) is 9.57. The first-order valence-corrected chi connectivity index (χ1v) is 15.8. The Labute approximate surface area is 253 Å². The zero-order chi connectivity index (χ0) is 29.7. The smallest absolute Gasteiger partial charge is 0.182 e. The number of hydrogen-bond acceptors (Lipinski definition) is 6. The topological polar surface area (TPSA) is 77.4 Å². The molecule has 1 fully saturated rings. The molecule has 43 heavy (non-hydrogen) atoms. The largest absolute Gasteiger partial charge is 0.508 e. The molecule has 4 aliphatic rings. The van der Waals surface area contributed by atoms with Gasteiger partial charge in [0.15, 0.2) is 11.5 Å². The van der Waals surface area contributed by atoms with Crippen molar-refractivity contribution in [2.75, 3.05) is 7.11 Å². The second-order valence-electron chi connectivity index (χ2n) is 12.9. The van der Waals surface area contributed by atoms with Crippen LogP contribution in [0.15, 0.2) is 36.4 Å². The quantitative estimate of drug-likeness (QED) is 0.321. The van der Waals surface area contributed by atoms with Gasteiger partial charge in [0.05, 0.1) is 13.2 Å². The van der Waals surface area contributed by atoms with E-state index in [1.807, 2.05) is 30.3 Å². The molecule has 0 amide bonds. The van der Waals surface area contributed by atoms with E-state index in [1.165, 1.54) is 6.42 Å². The van der Waals surface area contributed by atoms with Crippen LogP contribution in [0.25, 0.3) is 11.1 Å². The second kappa shape index (κ2) is 11.4. The highest BCUT2D eigenvalue weighted by Gasteiger charge is 2.36. The maximum absolute atomic E-state index is 11.5. The zero-order valence-electron chi connectivity index (χ0n) is 25.2. The highest BCUT2D eigenvalue weighted by molar-refractivity contribution is 5.82. The predicted molar refractivity (Wildman–Crippen MR) is 165 cm³/mol. The Morgan fingerprint density at radius 2 is 1.84 bits per heavy atom. The molecule has 1 saturated carbocycles. The Kier molecular flexibility index (Phi) is 7.39. The van der Waals surface area contributed by atoms with Crippen LogP contribution < -0.4 is 18.9 Å². The first-order valence-electron chi connectivity index (χ1n) is 15.8. The van der Waals surface area contributed by atoms with E-state index in [1.54, 1.807) is 7.11 Å². The lowest BCUT2D eigenvalue weighted by Gasteiger charge is -2.35. The molecule has 6 nitrogen and oxygen atoms in total. The molecule has 4 atom stereocenters. The summed E-state index contributed by atoms with van der Waals surface area (Å²) in [5.74, 6) is 7.12. The fourth-order valence-electron chi connectivity index (χ4n) is 7.46. The number of aliphatic hydroxyl groups excluding tert-OH is 1. The van der Waals surface area contributed by atoms with Gasteiger partial charge in [-0.15, -0.1) is 0 Å². The van der Waals surface area contributed by atoms with E-state index in [9.17, 15) is 10.2 Å². The number of hydrogen-bond donors (Lipinski definition) is 2. The summed E-state index contributed by atoms with van der Waals surface area (Å²) < 4.78 is 24.9. The molecule has 0 bridgehead atoms. The average molecular weight is 581 g/mol. The average Bonchev–Trinajstić information content (AvgIpc) is 3.08. The summed E-state index contributed by atoms with van der Waals surface area (Å²) in [6.07, 6.45) is 9.83. The Morgan fingerprint density at radius 3 is 2.67 bits per heavy atom. The molecule has 0 spiro atoms. The molecule has 0 saturated heterocycles. The van der Waals surface area contributed by atoms with E-state index < -0.39 is 12.2 Å². The number of aromatic hydroxyl groups is 1. The van der Waals surface area contributed by atoms with E-state index in [4.69, 9.17) is 18.9 Å². The fraction of sp³-hybridized carbons (Fsp3) is 0.459. The minimum atomic E-state index is -0.736. The molecular formula is C37H40O6. The van der Waals surface area contributed by atoms with E-state index in [2.05, 4.69) is 31.9 Å². The predicted octanol–water partition coefficient (Wildman–Crippen LogP) is 7.08. The number of aryl methyl sites for hydroxylation is 1. The maximum Gasteiger partial charge on any atom is 0.182 e. The second-order valence-corrected chi connectivity index (χ2v) is 12.9. The van der Waals surface area contributed by atoms with Crippen molar-refractivity contribution in [1.82, 2.24) is 0 Å². The Morgan fingerprint density at radius 1 is 0.977 bits per heavy atom. The Balaban J connectivity index is 1.24. The van der Waals surface area contributed by atoms with Crippen molar-refractivity contribution in [3.63, 3.8) is 0 Å². The Bertz CT molecular complexity index is 1610. The van der Waals surface area contributed by atoms with Crippen LogP contribution in [-0.2, 0) is 25.7 Å². The van der Waals surface area contributed by atoms with Gasteiger partial charge >= 0.3 is 0 Å². The molecule has 3 aromatic carbocycles. The molecule has 0 aromatic heterocycles. The number of phenolic OH excluding ortho intramolecular Hbond substituents is 1. The summed E-state index contributed by atoms with van der Waals surface area (Å²) in [4.78, 5) is 0. The van der Waals surface area contributed by atoms with Crippen molar-refractivity contribution in [2.24, 2.45) is 11.8 Å². The molecule has 0 radical (unpaired) electrons. The summed E-state index contributed by atoms with van der Waals surface area (Å²) in [7, 11) is 1.69. The van der Waals surface area contributed by atoms with Gasteiger partial charge in [-0.1, -0.05) is 32.3 Å². The van der Waals surface area contributed by atoms with Crippen molar-refractivity contribution in [2.45, 2.75) is 89.9 Å². The fourth-order valence-corrected chi connectivity index (χ4v) is 7.46. The van der Waals surface area contributed by atoms with Gasteiger partial charge in [-0.3, -0.25) is 0 Å². The normalized spacial score (nSPS) is 23.6. The molecule has 3 aromatic rings. The Hall–Kier alpha value is -3.82. The minimum absolute atomic E-state index is 0.110. The lowest BCUT2D eigenvalue weighted by Crippen LogP contribution is -2.32. The lowest BCUT2D eigenvalue weighted by molar-refractivity contribution is 0.0200. The van der Waals surface area contributed by atoms with Gasteiger partial charge in [-0.2, -0.15) is 0 Å². The van der Waals surface area contributed by atoms with Crippen LogP contribution in [-0.4, -0.2) is 29.5 Å². The summed E-state index contributed by atoms with van der Waals surface area (Å²) in [6, 6.07) is 11.8. The summed E-state index contributed by atoms with van der Waals surface area (Å²) in [5.41, 5.74) is 7.26. The van der Waals surface area contributed by atoms with E-state index in [0.29, 0.717) is 35.5 Å². The number of fused-ring (bicyclic) bond motifs is 7. The minimum Gasteiger partial charge on any atom is -0.508 e. The monoisotopic (exact) mass is 580 g/mol. The maximum atomic E-state index is 11.5. The number of phenols is 1. The van der Waals surface area contributed by atoms with Crippen LogP contribution in [0, 0.1) is 23.9 Å². The van der Waals surface area contributed by atoms with Gasteiger partial charge in [0.25, 0.3) is 0 Å². The van der Waals surface area contributed by atoms with E-state index in [0.717, 1.165) is 95.4 Å². The lowest BCUT2D eigenvalue weighted by atomic mass is 9.79. The molecule has 7 rings (SSSR count). The van der Waals surface area contributed by atoms with Crippen molar-refractivity contribution in [3.8, 4) is 51.9 Å². The van der Waals surface area contributed by atoms with Gasteiger partial charge in [-0.25, -0.2) is 0 Å². The van der Waals surface area contributed by atoms with Crippen LogP contribution in [0.2, 0.25) is 0 Å². The third-order valence-corrected chi connectivity index (χ3v) is 9.57. The van der Waals surface area contributed by atoms with E-state index >= 15 is 0 Å². The van der Waals surface area contributed by atoms with Crippen molar-refractivity contribution >= 4 is 0 Å². The van der Waals surface area contributed by atoms with Crippen molar-refractivity contribution in [1.29, 1.82) is 0 Å². The third kappa shape index (κ3) is 5.18. The standard InChI is InChI=1S/C37H40O6/c1-21(2)15-25-16-27-23(17-29(25)38)10-12-26-28-19-30(39)37(43-33(28)20-35(40-3)36(26)27)24-11-13-32-34(18-24)42-31-9-5-4-7-22(31)8-6-14-41-32/h11,13,16-18,20-22,30-31,37-39H,4-5,7-10,12,15,19H2,1-3H3. The number of aliphatic hydroxyl groups is 1. The highest BCUT2D eigenvalue weighted by atomic mass is 16.5. The molecule has 4 unspecified atom stereocenters. The van der Waals surface area contributed by atoms with Crippen molar-refractivity contribution < 1.29 is 29.2 Å². The van der Waals surface area contributed by atoms with E-state index in [-0.39, 0.29) is 6.10 Å². The molecular weight excluding hydrogens is 540 g/mol. The number of rotatable bonds is 4. The molecule has 2 N–H and O–H groups in total.